The van der Waals surface area contributed by atoms with Gasteiger partial charge in [-0.25, -0.2) is 9.97 Å². The largest absolute Gasteiger partial charge is 0.497 e. The van der Waals surface area contributed by atoms with E-state index >= 15 is 0 Å². The Labute approximate surface area is 239 Å². The maximum Gasteiger partial charge on any atom is 0.164 e. The van der Waals surface area contributed by atoms with Gasteiger partial charge in [-0.05, 0) is 79.6 Å². The molecule has 1 saturated heterocycles. The number of ether oxygens (including phenoxy) is 3. The third-order valence-electron chi connectivity index (χ3n) is 7.83. The van der Waals surface area contributed by atoms with Crippen LogP contribution in [0.2, 0.25) is 0 Å². The predicted molar refractivity (Wildman–Crippen MR) is 161 cm³/mol. The minimum absolute atomic E-state index is 0.00331. The second-order valence-corrected chi connectivity index (χ2v) is 11.1. The highest BCUT2D eigenvalue weighted by molar-refractivity contribution is 5.83. The summed E-state index contributed by atoms with van der Waals surface area (Å²) < 4.78 is 20.2. The Balaban J connectivity index is 1.08. The van der Waals surface area contributed by atoms with Crippen LogP contribution in [-0.2, 0) is 16.0 Å². The summed E-state index contributed by atoms with van der Waals surface area (Å²) in [6.45, 7) is 5.29. The number of hydrogen-bond acceptors (Lipinski definition) is 7. The number of rotatable bonds is 8. The molecule has 41 heavy (non-hydrogen) atoms. The van der Waals surface area contributed by atoms with E-state index in [1.54, 1.807) is 7.11 Å². The molecule has 0 amide bonds. The van der Waals surface area contributed by atoms with E-state index in [1.807, 2.05) is 44.3 Å². The molecule has 7 rings (SSSR count). The Morgan fingerprint density at radius 3 is 2.63 bits per heavy atom. The number of methoxy groups -OCH3 is 1. The lowest BCUT2D eigenvalue weighted by atomic mass is 10.1. The lowest BCUT2D eigenvalue weighted by Gasteiger charge is -2.22. The Bertz CT molecular complexity index is 1740. The molecule has 2 aliphatic rings. The first-order valence-electron chi connectivity index (χ1n) is 14.0. The standard InChI is InChI=1S/C33H33N5O3/c1-33(2)40-30-24(17-28(31(30)41-33)38-16-14-23-5-4-15-34-32(23)38)20-35-25-10-8-22-9-13-29(37-27(22)18-25)36-19-21-6-11-26(39-3)12-7-21/h4-18,28,30-31,35H,19-20H2,1-3H3,(H,36,37)/t28-,30-,31+/m1/s1. The van der Waals surface area contributed by atoms with Gasteiger partial charge >= 0.3 is 0 Å². The molecule has 8 heteroatoms. The van der Waals surface area contributed by atoms with Crippen molar-refractivity contribution in [2.75, 3.05) is 24.3 Å². The van der Waals surface area contributed by atoms with Crippen LogP contribution in [0.15, 0.2) is 96.8 Å². The van der Waals surface area contributed by atoms with Gasteiger partial charge in [0, 0.05) is 41.9 Å². The monoisotopic (exact) mass is 547 g/mol. The summed E-state index contributed by atoms with van der Waals surface area (Å²) in [7, 11) is 1.67. The number of anilines is 2. The average molecular weight is 548 g/mol. The molecule has 2 N–H and O–H groups in total. The van der Waals surface area contributed by atoms with Gasteiger partial charge in [-0.2, -0.15) is 0 Å². The van der Waals surface area contributed by atoms with Crippen molar-refractivity contribution in [3.63, 3.8) is 0 Å². The van der Waals surface area contributed by atoms with E-state index < -0.39 is 5.79 Å². The zero-order chi connectivity index (χ0) is 28.0. The highest BCUT2D eigenvalue weighted by Gasteiger charge is 2.50. The molecular formula is C33H33N5O3. The summed E-state index contributed by atoms with van der Waals surface area (Å²) >= 11 is 0. The van der Waals surface area contributed by atoms with Crippen LogP contribution in [0, 0.1) is 0 Å². The number of hydrogen-bond donors (Lipinski definition) is 2. The first-order valence-corrected chi connectivity index (χ1v) is 14.0. The van der Waals surface area contributed by atoms with E-state index in [0.29, 0.717) is 13.1 Å². The Hall–Kier alpha value is -4.40. The number of benzene rings is 2. The molecule has 0 spiro atoms. The molecule has 0 radical (unpaired) electrons. The van der Waals surface area contributed by atoms with Gasteiger partial charge in [0.25, 0.3) is 0 Å². The van der Waals surface area contributed by atoms with E-state index in [0.717, 1.165) is 44.8 Å². The molecule has 1 aliphatic carbocycles. The molecule has 2 aromatic carbocycles. The summed E-state index contributed by atoms with van der Waals surface area (Å²) in [4.78, 5) is 9.50. The molecule has 208 valence electrons. The van der Waals surface area contributed by atoms with Crippen LogP contribution in [0.25, 0.3) is 21.9 Å². The van der Waals surface area contributed by atoms with Crippen molar-refractivity contribution in [3.8, 4) is 5.75 Å². The number of nitrogens with one attached hydrogen (secondary N) is 2. The summed E-state index contributed by atoms with van der Waals surface area (Å²) in [5.74, 6) is 1.04. The van der Waals surface area contributed by atoms with E-state index in [9.17, 15) is 0 Å². The van der Waals surface area contributed by atoms with Crippen molar-refractivity contribution < 1.29 is 14.2 Å². The summed E-state index contributed by atoms with van der Waals surface area (Å²) in [5.41, 5.74) is 5.22. The van der Waals surface area contributed by atoms with Crippen LogP contribution in [0.5, 0.6) is 5.75 Å². The lowest BCUT2D eigenvalue weighted by Crippen LogP contribution is -2.28. The fourth-order valence-corrected chi connectivity index (χ4v) is 5.83. The first-order chi connectivity index (χ1) is 20.0. The molecule has 5 aromatic rings. The van der Waals surface area contributed by atoms with Crippen molar-refractivity contribution in [2.45, 2.75) is 44.4 Å². The minimum Gasteiger partial charge on any atom is -0.497 e. The Kier molecular flexibility index (Phi) is 6.37. The van der Waals surface area contributed by atoms with Crippen LogP contribution in [0.4, 0.5) is 11.5 Å². The Morgan fingerprint density at radius 1 is 0.927 bits per heavy atom. The molecule has 0 bridgehead atoms. The van der Waals surface area contributed by atoms with Gasteiger partial charge in [0.1, 0.15) is 29.4 Å². The van der Waals surface area contributed by atoms with Crippen LogP contribution in [-0.4, -0.2) is 46.2 Å². The topological polar surface area (TPSA) is 82.5 Å². The molecule has 0 unspecified atom stereocenters. The van der Waals surface area contributed by atoms with E-state index in [4.69, 9.17) is 19.2 Å². The van der Waals surface area contributed by atoms with Gasteiger partial charge in [-0.1, -0.05) is 24.3 Å². The van der Waals surface area contributed by atoms with E-state index in [2.05, 4.69) is 81.0 Å². The van der Waals surface area contributed by atoms with Crippen molar-refractivity contribution >= 4 is 33.4 Å². The summed E-state index contributed by atoms with van der Waals surface area (Å²) in [6, 6.07) is 24.6. The van der Waals surface area contributed by atoms with Gasteiger partial charge < -0.3 is 29.4 Å². The second kappa shape index (κ2) is 10.2. The normalized spacial score (nSPS) is 21.1. The summed E-state index contributed by atoms with van der Waals surface area (Å²) in [5, 5.41) is 9.24. The maximum absolute atomic E-state index is 6.40. The number of nitrogens with zero attached hydrogens (tertiary/aromatic N) is 3. The molecule has 1 fully saturated rings. The quantitative estimate of drug-likeness (QED) is 0.220. The molecule has 0 saturated carbocycles. The predicted octanol–water partition coefficient (Wildman–Crippen LogP) is 6.32. The fraction of sp³-hybridized carbons (Fsp3) is 0.273. The lowest BCUT2D eigenvalue weighted by molar-refractivity contribution is -0.147. The minimum atomic E-state index is -0.647. The van der Waals surface area contributed by atoms with Crippen molar-refractivity contribution in [1.29, 1.82) is 0 Å². The Morgan fingerprint density at radius 2 is 1.78 bits per heavy atom. The van der Waals surface area contributed by atoms with E-state index in [1.165, 1.54) is 5.57 Å². The van der Waals surface area contributed by atoms with E-state index in [-0.39, 0.29) is 18.2 Å². The maximum atomic E-state index is 6.40. The van der Waals surface area contributed by atoms with Gasteiger partial charge in [-0.3, -0.25) is 0 Å². The van der Waals surface area contributed by atoms with Crippen LogP contribution < -0.4 is 15.4 Å². The third-order valence-corrected chi connectivity index (χ3v) is 7.83. The molecule has 3 aromatic heterocycles. The highest BCUT2D eigenvalue weighted by Crippen LogP contribution is 2.44. The highest BCUT2D eigenvalue weighted by atomic mass is 16.8. The van der Waals surface area contributed by atoms with Crippen LogP contribution in [0.1, 0.15) is 25.5 Å². The van der Waals surface area contributed by atoms with Gasteiger partial charge in [0.2, 0.25) is 0 Å². The molecular weight excluding hydrogens is 514 g/mol. The number of fused-ring (bicyclic) bond motifs is 3. The molecule has 3 atom stereocenters. The smallest absolute Gasteiger partial charge is 0.164 e. The second-order valence-electron chi connectivity index (χ2n) is 11.1. The zero-order valence-corrected chi connectivity index (χ0v) is 23.4. The third kappa shape index (κ3) is 5.01. The SMILES string of the molecule is COc1ccc(CNc2ccc3ccc(NCC4=C[C@@H](n5ccc6cccnc65)[C@@H]5OC(C)(C)O[C@H]45)cc3n2)cc1. The van der Waals surface area contributed by atoms with Crippen LogP contribution in [0.3, 0.4) is 0 Å². The molecule has 8 nitrogen and oxygen atoms in total. The van der Waals surface area contributed by atoms with Crippen molar-refractivity contribution in [2.24, 2.45) is 0 Å². The van der Waals surface area contributed by atoms with Gasteiger partial charge in [0.15, 0.2) is 5.79 Å². The van der Waals surface area contributed by atoms with Crippen molar-refractivity contribution in [1.82, 2.24) is 14.5 Å². The first kappa shape index (κ1) is 25.6. The molecule has 4 heterocycles. The van der Waals surface area contributed by atoms with Crippen LogP contribution >= 0.6 is 0 Å². The van der Waals surface area contributed by atoms with Gasteiger partial charge in [-0.15, -0.1) is 0 Å². The van der Waals surface area contributed by atoms with Crippen molar-refractivity contribution in [3.05, 3.63) is 102 Å². The molecule has 1 aliphatic heterocycles. The number of aromatic nitrogens is 3. The van der Waals surface area contributed by atoms with Gasteiger partial charge in [0.05, 0.1) is 18.7 Å². The summed E-state index contributed by atoms with van der Waals surface area (Å²) in [6.07, 6.45) is 5.96. The number of pyridine rings is 2. The average Bonchev–Trinajstić information content (AvgIpc) is 3.65. The fourth-order valence-electron chi connectivity index (χ4n) is 5.83. The zero-order valence-electron chi connectivity index (χ0n) is 23.4.